The second-order valence-corrected chi connectivity index (χ2v) is 10.2. The van der Waals surface area contributed by atoms with Crippen molar-refractivity contribution in [3.8, 4) is 11.3 Å². The van der Waals surface area contributed by atoms with E-state index in [1.807, 2.05) is 0 Å². The van der Waals surface area contributed by atoms with Gasteiger partial charge < -0.3 is 4.52 Å². The molecule has 0 radical (unpaired) electrons. The van der Waals surface area contributed by atoms with Crippen LogP contribution in [0.15, 0.2) is 42.7 Å². The van der Waals surface area contributed by atoms with Crippen LogP contribution in [0.5, 0.6) is 0 Å². The molecule has 0 aliphatic rings. The Balaban J connectivity index is 1.53. The highest BCUT2D eigenvalue weighted by Crippen LogP contribution is 2.41. The van der Waals surface area contributed by atoms with Gasteiger partial charge in [0.1, 0.15) is 11.6 Å². The molecule has 1 atom stereocenters. The van der Waals surface area contributed by atoms with Crippen LogP contribution < -0.4 is 5.30 Å². The van der Waals surface area contributed by atoms with E-state index in [-0.39, 0.29) is 17.5 Å². The van der Waals surface area contributed by atoms with E-state index < -0.39 is 19.0 Å². The van der Waals surface area contributed by atoms with E-state index in [0.29, 0.717) is 28.0 Å². The average molecular weight is 469 g/mol. The number of nitrogens with zero attached hydrogens (tertiary/aromatic N) is 7. The van der Waals surface area contributed by atoms with Crippen molar-refractivity contribution in [1.29, 1.82) is 0 Å². The fraction of sp³-hybridized carbons (Fsp3) is 0.190. The van der Waals surface area contributed by atoms with Gasteiger partial charge in [-0.3, -0.25) is 9.25 Å². The van der Waals surface area contributed by atoms with E-state index in [9.17, 15) is 13.3 Å². The Morgan fingerprint density at radius 3 is 2.73 bits per heavy atom. The van der Waals surface area contributed by atoms with Crippen molar-refractivity contribution in [2.75, 3.05) is 13.8 Å². The molecule has 2 aromatic carbocycles. The van der Waals surface area contributed by atoms with Crippen molar-refractivity contribution < 1.29 is 17.9 Å². The average Bonchev–Trinajstić information content (AvgIpc) is 3.35. The van der Waals surface area contributed by atoms with Crippen molar-refractivity contribution in [3.63, 3.8) is 0 Å². The number of fused-ring (bicyclic) bond motifs is 2. The molecule has 0 saturated heterocycles. The van der Waals surface area contributed by atoms with Crippen molar-refractivity contribution in [1.82, 2.24) is 34.7 Å². The second-order valence-electron chi connectivity index (χ2n) is 7.65. The molecule has 0 bridgehead atoms. The lowest BCUT2D eigenvalue weighted by Crippen LogP contribution is -2.10. The lowest BCUT2D eigenvalue weighted by atomic mass is 10.1. The molecule has 3 heterocycles. The third-order valence-electron chi connectivity index (χ3n) is 5.36. The van der Waals surface area contributed by atoms with Crippen LogP contribution in [0, 0.1) is 11.6 Å². The van der Waals surface area contributed by atoms with Gasteiger partial charge in [-0.25, -0.2) is 23.4 Å². The molecule has 5 rings (SSSR count). The predicted octanol–water partition coefficient (Wildman–Crippen LogP) is 3.28. The number of aromatic nitrogens is 7. The maximum absolute atomic E-state index is 14.7. The third kappa shape index (κ3) is 3.79. The zero-order valence-electron chi connectivity index (χ0n) is 17.9. The summed E-state index contributed by atoms with van der Waals surface area (Å²) in [5.74, 6) is -1.09. The molecule has 0 N–H and O–H groups in total. The van der Waals surface area contributed by atoms with E-state index in [4.69, 9.17) is 4.52 Å². The molecule has 0 saturated carbocycles. The molecule has 0 fully saturated rings. The van der Waals surface area contributed by atoms with Gasteiger partial charge in [-0.2, -0.15) is 5.10 Å². The Labute approximate surface area is 186 Å². The van der Waals surface area contributed by atoms with Crippen molar-refractivity contribution in [3.05, 3.63) is 59.9 Å². The van der Waals surface area contributed by atoms with Gasteiger partial charge in [0.05, 0.1) is 29.3 Å². The van der Waals surface area contributed by atoms with E-state index in [1.54, 1.807) is 30.1 Å². The molecule has 0 aliphatic heterocycles. The van der Waals surface area contributed by atoms with Crippen LogP contribution >= 0.6 is 7.37 Å². The van der Waals surface area contributed by atoms with Gasteiger partial charge in [0, 0.05) is 49.6 Å². The molecule has 168 valence electrons. The molecular weight excluding hydrogens is 451 g/mol. The molecule has 0 amide bonds. The minimum Gasteiger partial charge on any atom is -0.329 e. The standard InChI is InChI=1S/C21H18F2N7O2P/c1-29-10-14-6-13(15(22)8-17(14)27-29)11-30-21-20(26-28-30)24-9-18(25-21)12-4-5-19(16(23)7-12)33(3,31)32-2/h4-10H,11H2,1-3H3. The summed E-state index contributed by atoms with van der Waals surface area (Å²) in [5.41, 5.74) is 2.33. The largest absolute Gasteiger partial charge is 0.329 e. The molecule has 5 aromatic rings. The van der Waals surface area contributed by atoms with Crippen molar-refractivity contribution in [2.45, 2.75) is 6.54 Å². The van der Waals surface area contributed by atoms with Crippen molar-refractivity contribution in [2.24, 2.45) is 7.05 Å². The van der Waals surface area contributed by atoms with Crippen LogP contribution in [-0.2, 0) is 22.7 Å². The molecule has 0 aliphatic carbocycles. The van der Waals surface area contributed by atoms with Crippen LogP contribution in [0.2, 0.25) is 0 Å². The lowest BCUT2D eigenvalue weighted by Gasteiger charge is -2.12. The topological polar surface area (TPSA) is 101 Å². The van der Waals surface area contributed by atoms with Crippen LogP contribution in [0.25, 0.3) is 33.5 Å². The highest BCUT2D eigenvalue weighted by atomic mass is 31.2. The maximum atomic E-state index is 14.7. The molecular formula is C21H18F2N7O2P. The first-order valence-electron chi connectivity index (χ1n) is 9.87. The summed E-state index contributed by atoms with van der Waals surface area (Å²) in [7, 11) is -0.207. The predicted molar refractivity (Wildman–Crippen MR) is 118 cm³/mol. The Morgan fingerprint density at radius 1 is 1.15 bits per heavy atom. The number of benzene rings is 2. The summed E-state index contributed by atoms with van der Waals surface area (Å²) >= 11 is 0. The van der Waals surface area contributed by atoms with Crippen molar-refractivity contribution >= 4 is 34.9 Å². The highest BCUT2D eigenvalue weighted by molar-refractivity contribution is 7.66. The first-order chi connectivity index (χ1) is 15.7. The maximum Gasteiger partial charge on any atom is 0.231 e. The van der Waals surface area contributed by atoms with Crippen LogP contribution in [0.1, 0.15) is 5.56 Å². The molecule has 3 aromatic heterocycles. The summed E-state index contributed by atoms with van der Waals surface area (Å²) in [6.45, 7) is 1.43. The zero-order valence-corrected chi connectivity index (χ0v) is 18.8. The van der Waals surface area contributed by atoms with E-state index in [2.05, 4.69) is 25.4 Å². The Morgan fingerprint density at radius 2 is 1.97 bits per heavy atom. The quantitative estimate of drug-likeness (QED) is 0.364. The third-order valence-corrected chi connectivity index (χ3v) is 7.30. The van der Waals surface area contributed by atoms with E-state index in [1.165, 1.54) is 42.9 Å². The van der Waals surface area contributed by atoms with Gasteiger partial charge in [-0.1, -0.05) is 11.3 Å². The number of rotatable bonds is 5. The lowest BCUT2D eigenvalue weighted by molar-refractivity contribution is 0.407. The number of hydrogen-bond donors (Lipinski definition) is 0. The summed E-state index contributed by atoms with van der Waals surface area (Å²) in [4.78, 5) is 8.77. The van der Waals surface area contributed by atoms with Gasteiger partial charge in [0.25, 0.3) is 0 Å². The van der Waals surface area contributed by atoms with Gasteiger partial charge in [-0.15, -0.1) is 5.10 Å². The van der Waals surface area contributed by atoms with E-state index >= 15 is 0 Å². The first-order valence-corrected chi connectivity index (χ1v) is 11.9. The minimum atomic E-state index is -3.25. The highest BCUT2D eigenvalue weighted by Gasteiger charge is 2.22. The Bertz CT molecular complexity index is 1580. The van der Waals surface area contributed by atoms with Crippen LogP contribution in [0.3, 0.4) is 0 Å². The van der Waals surface area contributed by atoms with E-state index in [0.717, 1.165) is 5.39 Å². The Hall–Kier alpha value is -3.56. The number of hydrogen-bond acceptors (Lipinski definition) is 7. The summed E-state index contributed by atoms with van der Waals surface area (Å²) in [6.07, 6.45) is 3.24. The van der Waals surface area contributed by atoms with Gasteiger partial charge in [0.2, 0.25) is 13.0 Å². The van der Waals surface area contributed by atoms with Gasteiger partial charge in [0.15, 0.2) is 5.65 Å². The number of aryl methyl sites for hydroxylation is 1. The van der Waals surface area contributed by atoms with Gasteiger partial charge in [-0.05, 0) is 18.2 Å². The fourth-order valence-electron chi connectivity index (χ4n) is 3.59. The smallest absolute Gasteiger partial charge is 0.231 e. The molecule has 12 heteroatoms. The SMILES string of the molecule is COP(C)(=O)c1ccc(-c2cnc3nnn(Cc4cc5cn(C)nc5cc4F)c3n2)cc1F. The van der Waals surface area contributed by atoms with Crippen LogP contribution in [0.4, 0.5) is 8.78 Å². The molecule has 9 nitrogen and oxygen atoms in total. The zero-order chi connectivity index (χ0) is 23.3. The molecule has 33 heavy (non-hydrogen) atoms. The fourth-order valence-corrected chi connectivity index (χ4v) is 4.59. The summed E-state index contributed by atoms with van der Waals surface area (Å²) < 4.78 is 49.6. The van der Waals surface area contributed by atoms with Crippen LogP contribution in [-0.4, -0.2) is 48.5 Å². The summed E-state index contributed by atoms with van der Waals surface area (Å²) in [5, 5.41) is 13.0. The second kappa shape index (κ2) is 7.79. The molecule has 1 unspecified atom stereocenters. The van der Waals surface area contributed by atoms with Gasteiger partial charge >= 0.3 is 0 Å². The first kappa shape index (κ1) is 21.3. The summed E-state index contributed by atoms with van der Waals surface area (Å²) in [6, 6.07) is 7.31. The molecule has 0 spiro atoms. The monoisotopic (exact) mass is 469 g/mol. The number of halogens is 2. The Kier molecular flexibility index (Phi) is 5.02. The normalized spacial score (nSPS) is 13.6. The minimum absolute atomic E-state index is 0.00392.